The fourth-order valence-electron chi connectivity index (χ4n) is 3.83. The maximum absolute atomic E-state index is 5.99. The minimum atomic E-state index is 0.106. The molecule has 2 aromatic rings. The van der Waals surface area contributed by atoms with Crippen LogP contribution >= 0.6 is 12.2 Å². The summed E-state index contributed by atoms with van der Waals surface area (Å²) in [7, 11) is 0. The van der Waals surface area contributed by atoms with E-state index in [1.807, 2.05) is 11.1 Å². The fraction of sp³-hybridized carbons (Fsp3) is 0.263. The van der Waals surface area contributed by atoms with Crippen LogP contribution in [-0.2, 0) is 6.42 Å². The van der Waals surface area contributed by atoms with Crippen molar-refractivity contribution >= 4 is 23.0 Å². The fourth-order valence-corrected chi connectivity index (χ4v) is 3.99. The summed E-state index contributed by atoms with van der Waals surface area (Å²) in [6, 6.07) is 19.1. The Labute approximate surface area is 141 Å². The van der Waals surface area contributed by atoms with Crippen LogP contribution in [0, 0.1) is 5.92 Å². The molecule has 0 radical (unpaired) electrons. The molecular weight excluding hydrogens is 302 g/mol. The molecule has 0 saturated heterocycles. The van der Waals surface area contributed by atoms with E-state index < -0.39 is 0 Å². The number of nitrogens with two attached hydrogens (primary N) is 1. The molecule has 4 heteroatoms. The first-order valence-electron chi connectivity index (χ1n) is 8.06. The van der Waals surface area contributed by atoms with Crippen molar-refractivity contribution in [2.24, 2.45) is 16.8 Å². The highest BCUT2D eigenvalue weighted by Gasteiger charge is 2.41. The second-order valence-corrected chi connectivity index (χ2v) is 6.60. The maximum Gasteiger partial charge on any atom is 0.187 e. The SMILES string of the molecule is NC(=S)N1N=C2c3ccccc3CCC[C@@H]2[C@@H]1c1ccccc1. The van der Waals surface area contributed by atoms with Crippen LogP contribution in [0.25, 0.3) is 0 Å². The number of nitrogens with zero attached hydrogens (tertiary/aromatic N) is 2. The van der Waals surface area contributed by atoms with Gasteiger partial charge in [0.05, 0.1) is 11.8 Å². The number of hydrogen-bond donors (Lipinski definition) is 1. The van der Waals surface area contributed by atoms with Crippen LogP contribution in [0.15, 0.2) is 59.7 Å². The molecule has 3 nitrogen and oxygen atoms in total. The number of rotatable bonds is 1. The Morgan fingerprint density at radius 3 is 2.61 bits per heavy atom. The van der Waals surface area contributed by atoms with Crippen molar-refractivity contribution in [3.63, 3.8) is 0 Å². The van der Waals surface area contributed by atoms with Gasteiger partial charge in [-0.05, 0) is 42.6 Å². The molecule has 2 aliphatic rings. The third-order valence-corrected chi connectivity index (χ3v) is 5.02. The third-order valence-electron chi connectivity index (χ3n) is 4.83. The molecule has 1 aliphatic heterocycles. The van der Waals surface area contributed by atoms with Crippen molar-refractivity contribution in [3.8, 4) is 0 Å². The van der Waals surface area contributed by atoms with Crippen LogP contribution < -0.4 is 5.73 Å². The summed E-state index contributed by atoms with van der Waals surface area (Å²) >= 11 is 5.28. The molecule has 2 aromatic carbocycles. The number of thiocarbonyl (C=S) groups is 1. The van der Waals surface area contributed by atoms with Gasteiger partial charge in [0.2, 0.25) is 0 Å². The molecule has 0 spiro atoms. The molecular formula is C19H19N3S. The van der Waals surface area contributed by atoms with E-state index in [0.717, 1.165) is 25.0 Å². The van der Waals surface area contributed by atoms with E-state index in [1.165, 1.54) is 16.7 Å². The number of hydrazone groups is 1. The third kappa shape index (κ3) is 2.43. The molecule has 0 fully saturated rings. The van der Waals surface area contributed by atoms with Gasteiger partial charge >= 0.3 is 0 Å². The smallest absolute Gasteiger partial charge is 0.187 e. The van der Waals surface area contributed by atoms with Gasteiger partial charge in [-0.3, -0.25) is 0 Å². The summed E-state index contributed by atoms with van der Waals surface area (Å²) in [6.45, 7) is 0. The van der Waals surface area contributed by atoms with E-state index in [0.29, 0.717) is 11.0 Å². The largest absolute Gasteiger partial charge is 0.375 e. The van der Waals surface area contributed by atoms with Crippen molar-refractivity contribution in [2.45, 2.75) is 25.3 Å². The standard InChI is InChI=1S/C19H19N3S/c20-19(23)22-18(14-8-2-1-3-9-14)16-12-6-10-13-7-4-5-11-15(13)17(16)21-22/h1-5,7-9,11,16,18H,6,10,12H2,(H2,20,23)/t16-,18-/m0/s1. The zero-order valence-corrected chi connectivity index (χ0v) is 13.7. The lowest BCUT2D eigenvalue weighted by atomic mass is 9.85. The Bertz CT molecular complexity index is 769. The van der Waals surface area contributed by atoms with Crippen molar-refractivity contribution in [1.82, 2.24) is 5.01 Å². The minimum Gasteiger partial charge on any atom is -0.375 e. The van der Waals surface area contributed by atoms with Gasteiger partial charge in [0.15, 0.2) is 5.11 Å². The van der Waals surface area contributed by atoms with E-state index in [1.54, 1.807) is 0 Å². The first kappa shape index (κ1) is 14.4. The van der Waals surface area contributed by atoms with Crippen molar-refractivity contribution in [3.05, 3.63) is 71.3 Å². The molecule has 1 heterocycles. The Morgan fingerprint density at radius 1 is 1.09 bits per heavy atom. The minimum absolute atomic E-state index is 0.106. The van der Waals surface area contributed by atoms with Gasteiger partial charge in [0.25, 0.3) is 0 Å². The molecule has 0 saturated carbocycles. The normalized spacial score (nSPS) is 22.8. The number of fused-ring (bicyclic) bond motifs is 3. The van der Waals surface area contributed by atoms with Gasteiger partial charge in [-0.2, -0.15) is 5.10 Å². The molecule has 2 atom stereocenters. The highest BCUT2D eigenvalue weighted by molar-refractivity contribution is 7.80. The Balaban J connectivity index is 1.84. The molecule has 4 rings (SSSR count). The lowest BCUT2D eigenvalue weighted by Gasteiger charge is -2.27. The molecule has 0 amide bonds. The van der Waals surface area contributed by atoms with Crippen LogP contribution in [0.4, 0.5) is 0 Å². The summed E-state index contributed by atoms with van der Waals surface area (Å²) in [5.74, 6) is 0.336. The van der Waals surface area contributed by atoms with Gasteiger partial charge in [0.1, 0.15) is 0 Å². The van der Waals surface area contributed by atoms with Crippen LogP contribution in [0.5, 0.6) is 0 Å². The summed E-state index contributed by atoms with van der Waals surface area (Å²) in [4.78, 5) is 0. The van der Waals surface area contributed by atoms with Crippen molar-refractivity contribution in [2.75, 3.05) is 0 Å². The summed E-state index contributed by atoms with van der Waals surface area (Å²) < 4.78 is 0. The lowest BCUT2D eigenvalue weighted by molar-refractivity contribution is 0.308. The zero-order valence-electron chi connectivity index (χ0n) is 12.9. The molecule has 116 valence electrons. The summed E-state index contributed by atoms with van der Waals surface area (Å²) in [5, 5.41) is 7.04. The van der Waals surface area contributed by atoms with E-state index in [2.05, 4.69) is 48.5 Å². The van der Waals surface area contributed by atoms with E-state index in [4.69, 9.17) is 23.1 Å². The predicted molar refractivity (Wildman–Crippen MR) is 97.2 cm³/mol. The summed E-state index contributed by atoms with van der Waals surface area (Å²) in [5.41, 5.74) is 11.0. The maximum atomic E-state index is 5.99. The quantitative estimate of drug-likeness (QED) is 0.815. The highest BCUT2D eigenvalue weighted by Crippen LogP contribution is 2.42. The van der Waals surface area contributed by atoms with Crippen molar-refractivity contribution in [1.29, 1.82) is 0 Å². The Hall–Kier alpha value is -2.20. The zero-order chi connectivity index (χ0) is 15.8. The Kier molecular flexibility index (Phi) is 3.62. The molecule has 0 bridgehead atoms. The average molecular weight is 321 g/mol. The number of aryl methyl sites for hydroxylation is 1. The molecule has 0 unspecified atom stereocenters. The molecule has 23 heavy (non-hydrogen) atoms. The van der Waals surface area contributed by atoms with Gasteiger partial charge in [-0.1, -0.05) is 54.6 Å². The van der Waals surface area contributed by atoms with Crippen LogP contribution in [0.2, 0.25) is 0 Å². The number of hydrogen-bond acceptors (Lipinski definition) is 2. The first-order valence-corrected chi connectivity index (χ1v) is 8.47. The van der Waals surface area contributed by atoms with E-state index in [9.17, 15) is 0 Å². The number of benzene rings is 2. The average Bonchev–Trinajstić information content (AvgIpc) is 2.86. The van der Waals surface area contributed by atoms with Gasteiger partial charge < -0.3 is 5.73 Å². The van der Waals surface area contributed by atoms with Crippen LogP contribution in [0.3, 0.4) is 0 Å². The summed E-state index contributed by atoms with van der Waals surface area (Å²) in [6.07, 6.45) is 3.38. The van der Waals surface area contributed by atoms with Gasteiger partial charge in [0, 0.05) is 11.5 Å². The van der Waals surface area contributed by atoms with Crippen LogP contribution in [-0.4, -0.2) is 15.8 Å². The topological polar surface area (TPSA) is 41.6 Å². The monoisotopic (exact) mass is 321 g/mol. The van der Waals surface area contributed by atoms with Gasteiger partial charge in [-0.25, -0.2) is 5.01 Å². The molecule has 2 N–H and O–H groups in total. The van der Waals surface area contributed by atoms with Gasteiger partial charge in [-0.15, -0.1) is 0 Å². The molecule has 0 aromatic heterocycles. The second-order valence-electron chi connectivity index (χ2n) is 6.18. The molecule has 1 aliphatic carbocycles. The van der Waals surface area contributed by atoms with E-state index >= 15 is 0 Å². The Morgan fingerprint density at radius 2 is 1.83 bits per heavy atom. The predicted octanol–water partition coefficient (Wildman–Crippen LogP) is 3.64. The highest BCUT2D eigenvalue weighted by atomic mass is 32.1. The second kappa shape index (κ2) is 5.78. The lowest BCUT2D eigenvalue weighted by Crippen LogP contribution is -2.34. The van der Waals surface area contributed by atoms with Crippen molar-refractivity contribution < 1.29 is 0 Å². The first-order chi connectivity index (χ1) is 11.3. The van der Waals surface area contributed by atoms with Crippen LogP contribution in [0.1, 0.15) is 35.6 Å². The van der Waals surface area contributed by atoms with E-state index in [-0.39, 0.29) is 6.04 Å².